The third-order valence-electron chi connectivity index (χ3n) is 2.67. The highest BCUT2D eigenvalue weighted by Gasteiger charge is 2.11. The van der Waals surface area contributed by atoms with Gasteiger partial charge in [-0.05, 0) is 28.4 Å². The fourth-order valence-electron chi connectivity index (χ4n) is 1.80. The average Bonchev–Trinajstić information content (AvgIpc) is 2.37. The van der Waals surface area contributed by atoms with E-state index in [1.54, 1.807) is 14.2 Å². The molecule has 0 aliphatic rings. The summed E-state index contributed by atoms with van der Waals surface area (Å²) in [5.74, 6) is 2.19. The van der Waals surface area contributed by atoms with Crippen LogP contribution in [0.15, 0.2) is 16.7 Å². The molecular formula is C13H15BrN2O2. The van der Waals surface area contributed by atoms with Crippen LogP contribution in [0.5, 0.6) is 11.5 Å². The zero-order valence-corrected chi connectivity index (χ0v) is 12.2. The Morgan fingerprint density at radius 2 is 1.78 bits per heavy atom. The second-order valence-corrected chi connectivity index (χ2v) is 4.66. The Morgan fingerprint density at radius 3 is 2.39 bits per heavy atom. The van der Waals surface area contributed by atoms with E-state index in [0.29, 0.717) is 11.5 Å². The van der Waals surface area contributed by atoms with E-state index in [0.717, 1.165) is 34.2 Å². The molecule has 0 unspecified atom stereocenters. The molecule has 1 aromatic carbocycles. The number of rotatable bonds is 4. The number of fused-ring (bicyclic) bond motifs is 1. The van der Waals surface area contributed by atoms with Crippen molar-refractivity contribution in [3.8, 4) is 11.5 Å². The number of benzene rings is 1. The van der Waals surface area contributed by atoms with Gasteiger partial charge in [-0.15, -0.1) is 0 Å². The maximum atomic E-state index is 5.28. The van der Waals surface area contributed by atoms with Gasteiger partial charge in [0.2, 0.25) is 0 Å². The monoisotopic (exact) mass is 310 g/mol. The van der Waals surface area contributed by atoms with E-state index < -0.39 is 0 Å². The molecule has 0 fully saturated rings. The van der Waals surface area contributed by atoms with Crippen molar-refractivity contribution in [3.63, 3.8) is 0 Å². The maximum Gasteiger partial charge on any atom is 0.162 e. The summed E-state index contributed by atoms with van der Waals surface area (Å²) in [5, 5.41) is 0.924. The molecule has 0 spiro atoms. The fraction of sp³-hybridized carbons (Fsp3) is 0.385. The van der Waals surface area contributed by atoms with E-state index in [1.165, 1.54) is 0 Å². The fourth-order valence-corrected chi connectivity index (χ4v) is 2.32. The van der Waals surface area contributed by atoms with Gasteiger partial charge in [-0.3, -0.25) is 0 Å². The van der Waals surface area contributed by atoms with Gasteiger partial charge < -0.3 is 9.47 Å². The zero-order chi connectivity index (χ0) is 13.1. The molecule has 0 bridgehead atoms. The smallest absolute Gasteiger partial charge is 0.162 e. The molecule has 0 N–H and O–H groups in total. The van der Waals surface area contributed by atoms with Crippen molar-refractivity contribution in [1.29, 1.82) is 0 Å². The van der Waals surface area contributed by atoms with Gasteiger partial charge in [0.1, 0.15) is 10.4 Å². The van der Waals surface area contributed by atoms with Gasteiger partial charge in [0.25, 0.3) is 0 Å². The van der Waals surface area contributed by atoms with Crippen molar-refractivity contribution in [2.45, 2.75) is 19.8 Å². The van der Waals surface area contributed by atoms with Crippen LogP contribution in [0.1, 0.15) is 19.2 Å². The van der Waals surface area contributed by atoms with Crippen LogP contribution in [-0.4, -0.2) is 24.2 Å². The first-order valence-corrected chi connectivity index (χ1v) is 6.57. The standard InChI is InChI=1S/C13H15BrN2O2/c1-4-5-12-15-9-7-11(18-3)10(17-2)6-8(9)13(14)16-12/h6-7H,4-5H2,1-3H3. The number of aromatic nitrogens is 2. The summed E-state index contributed by atoms with van der Waals surface area (Å²) in [6.45, 7) is 2.11. The number of ether oxygens (including phenoxy) is 2. The Hall–Kier alpha value is -1.36. The lowest BCUT2D eigenvalue weighted by Gasteiger charge is -2.10. The zero-order valence-electron chi connectivity index (χ0n) is 10.7. The van der Waals surface area contributed by atoms with Gasteiger partial charge >= 0.3 is 0 Å². The Kier molecular flexibility index (Phi) is 4.01. The molecule has 1 aromatic heterocycles. The molecule has 2 rings (SSSR count). The number of aryl methyl sites for hydroxylation is 1. The van der Waals surface area contributed by atoms with E-state index in [2.05, 4.69) is 32.8 Å². The Labute approximate surface area is 114 Å². The van der Waals surface area contributed by atoms with Crippen LogP contribution < -0.4 is 9.47 Å². The molecule has 0 saturated heterocycles. The van der Waals surface area contributed by atoms with E-state index >= 15 is 0 Å². The van der Waals surface area contributed by atoms with Crippen LogP contribution >= 0.6 is 15.9 Å². The Bertz CT molecular complexity index is 572. The van der Waals surface area contributed by atoms with Crippen LogP contribution in [0.3, 0.4) is 0 Å². The predicted octanol–water partition coefficient (Wildman–Crippen LogP) is 3.36. The SMILES string of the molecule is CCCc1nc(Br)c2cc(OC)c(OC)cc2n1. The molecular weight excluding hydrogens is 296 g/mol. The molecule has 18 heavy (non-hydrogen) atoms. The molecule has 0 aliphatic carbocycles. The van der Waals surface area contributed by atoms with Gasteiger partial charge in [-0.2, -0.15) is 0 Å². The van der Waals surface area contributed by atoms with Crippen LogP contribution in [0.4, 0.5) is 0 Å². The average molecular weight is 311 g/mol. The van der Waals surface area contributed by atoms with Crippen molar-refractivity contribution >= 4 is 26.8 Å². The van der Waals surface area contributed by atoms with Crippen molar-refractivity contribution in [3.05, 3.63) is 22.6 Å². The van der Waals surface area contributed by atoms with Gasteiger partial charge in [0.15, 0.2) is 11.5 Å². The van der Waals surface area contributed by atoms with Crippen LogP contribution in [0.2, 0.25) is 0 Å². The van der Waals surface area contributed by atoms with Gasteiger partial charge in [0.05, 0.1) is 19.7 Å². The number of hydrogen-bond acceptors (Lipinski definition) is 4. The number of nitrogens with zero attached hydrogens (tertiary/aromatic N) is 2. The van der Waals surface area contributed by atoms with Crippen molar-refractivity contribution in [1.82, 2.24) is 9.97 Å². The van der Waals surface area contributed by atoms with E-state index in [9.17, 15) is 0 Å². The second-order valence-electron chi connectivity index (χ2n) is 3.90. The van der Waals surface area contributed by atoms with E-state index in [-0.39, 0.29) is 0 Å². The molecule has 0 saturated carbocycles. The lowest BCUT2D eigenvalue weighted by molar-refractivity contribution is 0.355. The minimum absolute atomic E-state index is 0.678. The highest BCUT2D eigenvalue weighted by Crippen LogP contribution is 2.33. The van der Waals surface area contributed by atoms with Crippen molar-refractivity contribution in [2.75, 3.05) is 14.2 Å². The maximum absolute atomic E-state index is 5.28. The molecule has 96 valence electrons. The van der Waals surface area contributed by atoms with Crippen molar-refractivity contribution < 1.29 is 9.47 Å². The summed E-state index contributed by atoms with van der Waals surface area (Å²) < 4.78 is 11.3. The van der Waals surface area contributed by atoms with Gasteiger partial charge in [-0.1, -0.05) is 6.92 Å². The Balaban J connectivity index is 2.64. The molecule has 2 aromatic rings. The molecule has 0 aliphatic heterocycles. The van der Waals surface area contributed by atoms with Crippen molar-refractivity contribution in [2.24, 2.45) is 0 Å². The molecule has 1 heterocycles. The number of halogens is 1. The summed E-state index contributed by atoms with van der Waals surface area (Å²) in [4.78, 5) is 8.96. The lowest BCUT2D eigenvalue weighted by Crippen LogP contribution is -1.98. The largest absolute Gasteiger partial charge is 0.493 e. The molecule has 5 heteroatoms. The Morgan fingerprint density at radius 1 is 1.11 bits per heavy atom. The summed E-state index contributed by atoms with van der Waals surface area (Å²) in [7, 11) is 3.23. The highest BCUT2D eigenvalue weighted by atomic mass is 79.9. The first-order valence-electron chi connectivity index (χ1n) is 5.77. The lowest BCUT2D eigenvalue weighted by atomic mass is 10.2. The molecule has 0 atom stereocenters. The van der Waals surface area contributed by atoms with Crippen LogP contribution in [0.25, 0.3) is 10.9 Å². The van der Waals surface area contributed by atoms with Gasteiger partial charge in [-0.25, -0.2) is 9.97 Å². The summed E-state index contributed by atoms with van der Waals surface area (Å²) in [6.07, 6.45) is 1.88. The van der Waals surface area contributed by atoms with Gasteiger partial charge in [0, 0.05) is 17.9 Å². The van der Waals surface area contributed by atoms with E-state index in [1.807, 2.05) is 12.1 Å². The minimum Gasteiger partial charge on any atom is -0.493 e. The topological polar surface area (TPSA) is 44.2 Å². The summed E-state index contributed by atoms with van der Waals surface area (Å²) in [5.41, 5.74) is 0.859. The first kappa shape index (κ1) is 13.1. The van der Waals surface area contributed by atoms with E-state index in [4.69, 9.17) is 9.47 Å². The molecule has 0 radical (unpaired) electrons. The first-order chi connectivity index (χ1) is 8.69. The second kappa shape index (κ2) is 5.52. The third kappa shape index (κ3) is 2.41. The third-order valence-corrected chi connectivity index (χ3v) is 3.28. The van der Waals surface area contributed by atoms with Crippen LogP contribution in [0, 0.1) is 0 Å². The molecule has 4 nitrogen and oxygen atoms in total. The normalized spacial score (nSPS) is 10.7. The summed E-state index contributed by atoms with van der Waals surface area (Å²) >= 11 is 3.48. The molecule has 0 amide bonds. The number of hydrogen-bond donors (Lipinski definition) is 0. The summed E-state index contributed by atoms with van der Waals surface area (Å²) in [6, 6.07) is 3.76. The predicted molar refractivity (Wildman–Crippen MR) is 74.3 cm³/mol. The quantitative estimate of drug-likeness (QED) is 0.812. The number of methoxy groups -OCH3 is 2. The highest BCUT2D eigenvalue weighted by molar-refractivity contribution is 9.10. The minimum atomic E-state index is 0.678. The van der Waals surface area contributed by atoms with Crippen LogP contribution in [-0.2, 0) is 6.42 Å².